The summed E-state index contributed by atoms with van der Waals surface area (Å²) in [5, 5.41) is -0.328. The fourth-order valence-electron chi connectivity index (χ4n) is 8.61. The molecule has 2 aliphatic rings. The lowest BCUT2D eigenvalue weighted by Crippen LogP contribution is -2.61. The third kappa shape index (κ3) is 7.55. The molecule has 0 fully saturated rings. The Kier molecular flexibility index (Phi) is 5.36. The van der Waals surface area contributed by atoms with Gasteiger partial charge in [0.05, 0.1) is 56.8 Å². The molecule has 0 amide bonds. The molecular weight excluding hydrogens is 838 g/mol. The van der Waals surface area contributed by atoms with Crippen LogP contribution < -0.4 is 31.3 Å². The number of benzene rings is 8. The van der Waals surface area contributed by atoms with Crippen LogP contribution in [0.2, 0.25) is 0 Å². The Morgan fingerprint density at radius 3 is 1.61 bits per heavy atom. The number of furan rings is 1. The van der Waals surface area contributed by atoms with Gasteiger partial charge in [0.15, 0.2) is 0 Å². The standard InChI is InChI=1S/C64H62BN3O/c1-42(2)43-26-32-51(33-27-43)68-57-41-52(66(48-22-16-12-17-23-48)49-24-18-13-19-25-49)40-56-59(57)65(61-60(68)53-38-46(63(6,7)8)31-37-58(53)69-61)54-36-30-47(64(9,10)45-20-14-11-15-21-45)39-55(54)67(56)50-34-28-44(29-35-50)62(3,4)5/h11-42H,1-10H3/i11D,12D,13D,14D,15D,16D,17D,18D,19D,20D,21D,22D,23D,24D,25D,26D,27D,28D,29D,30D,31D,32D,33D,34D,35D,36D,37D,38D,39D. The zero-order valence-corrected chi connectivity index (χ0v) is 39.6. The molecular formula is C64H62BN3O. The van der Waals surface area contributed by atoms with Crippen LogP contribution >= 0.6 is 0 Å². The maximum absolute atomic E-state index is 10.8. The van der Waals surface area contributed by atoms with Gasteiger partial charge >= 0.3 is 0 Å². The van der Waals surface area contributed by atoms with E-state index in [9.17, 15) is 27.4 Å². The predicted molar refractivity (Wildman–Crippen MR) is 295 cm³/mol. The van der Waals surface area contributed by atoms with Crippen molar-refractivity contribution < 1.29 is 44.2 Å². The monoisotopic (exact) mass is 929 g/mol. The first kappa shape index (κ1) is 22.5. The number of hydrogen-bond donors (Lipinski definition) is 0. The summed E-state index contributed by atoms with van der Waals surface area (Å²) < 4.78 is 284. The van der Waals surface area contributed by atoms with Gasteiger partial charge < -0.3 is 19.1 Å². The molecule has 1 aromatic heterocycles. The smallest absolute Gasteiger partial charge is 0.297 e. The van der Waals surface area contributed by atoms with Gasteiger partial charge in [0, 0.05) is 50.6 Å². The first-order valence-corrected chi connectivity index (χ1v) is 22.4. The SMILES string of the molecule is [2H]c1c([2H])c([2H])c(N(c2cc3c4c(c2)N(c2c([2H])c([2H])c(C(C)C)c([2H])c2[2H])c2c(oc5c([2H])c([2H])c(C(C)(C)C)c([2H])c25)B4c2c([2H])c([2H])c(C(C)(C)c4c([2H])c([2H])c([2H])c([2H])c4[2H])c([2H])c2N3c2c([2H])c([2H])c(C(C)(C)C)c([2H])c2[2H])c2c([2H])c([2H])c([2H])c([2H])c2[2H])c([2H])c1[2H]. The van der Waals surface area contributed by atoms with Crippen LogP contribution in [-0.2, 0) is 16.2 Å². The molecule has 0 bridgehead atoms. The normalized spacial score (nSPS) is 19.3. The molecule has 5 heteroatoms. The van der Waals surface area contributed by atoms with Gasteiger partial charge in [-0.25, -0.2) is 0 Å². The molecule has 342 valence electrons. The number of fused-ring (bicyclic) bond motifs is 6. The molecule has 0 N–H and O–H groups in total. The van der Waals surface area contributed by atoms with Crippen molar-refractivity contribution in [1.82, 2.24) is 0 Å². The van der Waals surface area contributed by atoms with Crippen LogP contribution in [0.3, 0.4) is 0 Å². The second kappa shape index (κ2) is 16.5. The van der Waals surface area contributed by atoms with E-state index in [2.05, 4.69) is 0 Å². The van der Waals surface area contributed by atoms with Crippen molar-refractivity contribution >= 4 is 85.5 Å². The zero-order valence-electron chi connectivity index (χ0n) is 68.6. The van der Waals surface area contributed by atoms with Gasteiger partial charge in [0.2, 0.25) is 0 Å². The molecule has 9 aromatic rings. The summed E-state index contributed by atoms with van der Waals surface area (Å²) in [7, 11) is 0. The van der Waals surface area contributed by atoms with Crippen LogP contribution in [0.4, 0.5) is 51.2 Å². The van der Waals surface area contributed by atoms with Crippen molar-refractivity contribution in [2.24, 2.45) is 0 Å². The third-order valence-electron chi connectivity index (χ3n) is 12.4. The van der Waals surface area contributed by atoms with E-state index in [0.717, 1.165) is 26.8 Å². The average Bonchev–Trinajstić information content (AvgIpc) is 1.24. The van der Waals surface area contributed by atoms with Crippen LogP contribution in [0.25, 0.3) is 11.0 Å². The first-order chi connectivity index (χ1) is 45.2. The fourth-order valence-corrected chi connectivity index (χ4v) is 8.61. The van der Waals surface area contributed by atoms with Crippen molar-refractivity contribution in [3.8, 4) is 0 Å². The number of anilines is 9. The quantitative estimate of drug-likeness (QED) is 0.142. The Hall–Kier alpha value is -7.24. The minimum absolute atomic E-state index is 0.0538. The molecule has 8 aromatic carbocycles. The predicted octanol–water partition coefficient (Wildman–Crippen LogP) is 16.0. The van der Waals surface area contributed by atoms with E-state index in [-0.39, 0.29) is 33.2 Å². The summed E-state index contributed by atoms with van der Waals surface area (Å²) in [4.78, 5) is 2.82. The number of hydrogen-bond acceptors (Lipinski definition) is 4. The Labute approximate surface area is 450 Å². The van der Waals surface area contributed by atoms with Crippen molar-refractivity contribution in [2.75, 3.05) is 14.7 Å². The molecule has 0 radical (unpaired) electrons. The molecule has 4 nitrogen and oxygen atoms in total. The Morgan fingerprint density at radius 2 is 1.03 bits per heavy atom. The van der Waals surface area contributed by atoms with Crippen molar-refractivity contribution in [3.63, 3.8) is 0 Å². The van der Waals surface area contributed by atoms with Crippen LogP contribution in [-0.4, -0.2) is 6.71 Å². The van der Waals surface area contributed by atoms with E-state index in [1.54, 1.807) is 55.4 Å². The highest BCUT2D eigenvalue weighted by Crippen LogP contribution is 2.51. The maximum atomic E-state index is 10.8. The summed E-state index contributed by atoms with van der Waals surface area (Å²) in [6.07, 6.45) is 0. The summed E-state index contributed by atoms with van der Waals surface area (Å²) in [5.74, 6) is -0.677. The van der Waals surface area contributed by atoms with E-state index in [1.807, 2.05) is 0 Å². The lowest BCUT2D eigenvalue weighted by molar-refractivity contribution is 0.590. The summed E-state index contributed by atoms with van der Waals surface area (Å²) in [6, 6.07) is -21.5. The van der Waals surface area contributed by atoms with Crippen LogP contribution in [0.1, 0.15) is 143 Å². The van der Waals surface area contributed by atoms with Crippen LogP contribution in [0.5, 0.6) is 0 Å². The van der Waals surface area contributed by atoms with Gasteiger partial charge in [-0.2, -0.15) is 0 Å². The molecule has 0 spiro atoms. The van der Waals surface area contributed by atoms with Gasteiger partial charge in [-0.3, -0.25) is 0 Å². The molecule has 69 heavy (non-hydrogen) atoms. The van der Waals surface area contributed by atoms with Gasteiger partial charge in [0.1, 0.15) is 5.58 Å². The highest BCUT2D eigenvalue weighted by molar-refractivity contribution is 7.00. The van der Waals surface area contributed by atoms with E-state index < -0.39 is 277 Å². The van der Waals surface area contributed by atoms with E-state index in [1.165, 1.54) is 13.8 Å². The minimum atomic E-state index is -2.10. The molecule has 2 aliphatic heterocycles. The Balaban J connectivity index is 1.51. The third-order valence-corrected chi connectivity index (χ3v) is 12.4. The second-order valence-electron chi connectivity index (χ2n) is 19.8. The Morgan fingerprint density at radius 1 is 0.507 bits per heavy atom. The first-order valence-electron chi connectivity index (χ1n) is 36.9. The molecule has 11 rings (SSSR count). The number of para-hydroxylation sites is 2. The topological polar surface area (TPSA) is 22.9 Å². The summed E-state index contributed by atoms with van der Waals surface area (Å²) in [6.45, 7) is 13.9. The van der Waals surface area contributed by atoms with Gasteiger partial charge in [0.25, 0.3) is 6.71 Å². The average molecular weight is 929 g/mol. The van der Waals surface area contributed by atoms with Crippen molar-refractivity contribution in [1.29, 1.82) is 0 Å². The lowest BCUT2D eigenvalue weighted by atomic mass is 9.35. The maximum Gasteiger partial charge on any atom is 0.297 e. The van der Waals surface area contributed by atoms with Crippen LogP contribution in [0.15, 0.2) is 192 Å². The minimum Gasteiger partial charge on any atom is -0.468 e. The summed E-state index contributed by atoms with van der Waals surface area (Å²) in [5.41, 5.74) is -13.0. The van der Waals surface area contributed by atoms with E-state index >= 15 is 0 Å². The zero-order chi connectivity index (χ0) is 73.2. The summed E-state index contributed by atoms with van der Waals surface area (Å²) >= 11 is 0. The van der Waals surface area contributed by atoms with Gasteiger partial charge in [-0.15, -0.1) is 0 Å². The Bertz CT molecular complexity index is 4890. The number of rotatable bonds is 8. The highest BCUT2D eigenvalue weighted by atomic mass is 16.3. The van der Waals surface area contributed by atoms with Crippen molar-refractivity contribution in [2.45, 2.75) is 91.4 Å². The molecule has 0 atom stereocenters. The van der Waals surface area contributed by atoms with E-state index in [4.69, 9.17) is 16.8 Å². The largest absolute Gasteiger partial charge is 0.468 e. The molecule has 0 aliphatic carbocycles. The van der Waals surface area contributed by atoms with E-state index in [0.29, 0.717) is 0 Å². The van der Waals surface area contributed by atoms with Gasteiger partial charge in [-0.1, -0.05) is 178 Å². The van der Waals surface area contributed by atoms with Crippen LogP contribution in [0, 0.1) is 0 Å². The molecule has 3 heterocycles. The lowest BCUT2D eigenvalue weighted by Gasteiger charge is -2.44. The fraction of sp³-hybridized carbons (Fsp3) is 0.219. The molecule has 0 saturated heterocycles. The van der Waals surface area contributed by atoms with Gasteiger partial charge in [-0.05, 0) is 134 Å². The van der Waals surface area contributed by atoms with Crippen molar-refractivity contribution in [3.05, 3.63) is 215 Å². The highest BCUT2D eigenvalue weighted by Gasteiger charge is 2.48. The second-order valence-corrected chi connectivity index (χ2v) is 19.8. The number of nitrogens with zero attached hydrogens (tertiary/aromatic N) is 3. The molecule has 0 unspecified atom stereocenters. The molecule has 0 saturated carbocycles.